The highest BCUT2D eigenvalue weighted by atomic mass is 19.2. The van der Waals surface area contributed by atoms with Gasteiger partial charge >= 0.3 is 0 Å². The summed E-state index contributed by atoms with van der Waals surface area (Å²) >= 11 is 0. The summed E-state index contributed by atoms with van der Waals surface area (Å²) in [4.78, 5) is 15.0. The maximum absolute atomic E-state index is 13.8. The van der Waals surface area contributed by atoms with Crippen molar-refractivity contribution in [3.05, 3.63) is 88.1 Å². The van der Waals surface area contributed by atoms with Crippen LogP contribution in [0.25, 0.3) is 22.2 Å². The number of carbonyl (C=O) groups excluding carboxylic acids is 1. The highest BCUT2D eigenvalue weighted by molar-refractivity contribution is 5.98. The van der Waals surface area contributed by atoms with E-state index in [4.69, 9.17) is 0 Å². The second kappa shape index (κ2) is 7.61. The topological polar surface area (TPSA) is 65.1 Å². The number of hydrogen-bond donors (Lipinski definition) is 0. The Bertz CT molecular complexity index is 1410. The number of nitrogens with zero attached hydrogens (tertiary/aromatic N) is 4. The van der Waals surface area contributed by atoms with Gasteiger partial charge in [0.2, 0.25) is 5.52 Å². The fraction of sp³-hybridized carbons (Fsp3) is 0.208. The molecule has 1 aliphatic heterocycles. The normalized spacial score (nSPS) is 15.7. The highest BCUT2D eigenvalue weighted by Crippen LogP contribution is 2.37. The summed E-state index contributed by atoms with van der Waals surface area (Å²) in [7, 11) is 1.65. The van der Waals surface area contributed by atoms with Crippen molar-refractivity contribution in [2.24, 2.45) is 7.05 Å². The molecular formula is C24H19F3N4O2. The van der Waals surface area contributed by atoms with Gasteiger partial charge in [0.25, 0.3) is 5.91 Å². The molecule has 1 aliphatic rings. The summed E-state index contributed by atoms with van der Waals surface area (Å²) in [5.74, 6) is -4.26. The summed E-state index contributed by atoms with van der Waals surface area (Å²) in [6, 6.07) is 9.82. The lowest BCUT2D eigenvalue weighted by atomic mass is 9.95. The lowest BCUT2D eigenvalue weighted by molar-refractivity contribution is -0.577. The van der Waals surface area contributed by atoms with E-state index < -0.39 is 23.5 Å². The monoisotopic (exact) mass is 452 g/mol. The summed E-state index contributed by atoms with van der Waals surface area (Å²) in [6.45, 7) is 2.21. The van der Waals surface area contributed by atoms with Crippen molar-refractivity contribution in [3.8, 4) is 11.3 Å². The molecule has 4 aromatic rings. The molecule has 0 saturated carbocycles. The number of fused-ring (bicyclic) bond motifs is 2. The first-order valence-corrected chi connectivity index (χ1v) is 10.4. The molecule has 2 aromatic heterocycles. The van der Waals surface area contributed by atoms with Crippen molar-refractivity contribution in [3.63, 3.8) is 0 Å². The van der Waals surface area contributed by atoms with E-state index >= 15 is 0 Å². The van der Waals surface area contributed by atoms with Crippen molar-refractivity contribution in [2.45, 2.75) is 19.4 Å². The quantitative estimate of drug-likeness (QED) is 0.262. The van der Waals surface area contributed by atoms with Crippen LogP contribution >= 0.6 is 0 Å². The van der Waals surface area contributed by atoms with Gasteiger partial charge in [0, 0.05) is 47.8 Å². The maximum Gasteiger partial charge on any atom is 0.254 e. The number of pyridine rings is 1. The van der Waals surface area contributed by atoms with Crippen LogP contribution in [0.4, 0.5) is 13.2 Å². The van der Waals surface area contributed by atoms with Gasteiger partial charge in [0.05, 0.1) is 17.4 Å². The molecule has 0 saturated heterocycles. The highest BCUT2D eigenvalue weighted by Gasteiger charge is 2.33. The van der Waals surface area contributed by atoms with Gasteiger partial charge in [-0.1, -0.05) is 0 Å². The molecule has 3 heterocycles. The maximum atomic E-state index is 13.8. The van der Waals surface area contributed by atoms with Gasteiger partial charge in [-0.15, -0.1) is 0 Å². The molecule has 0 radical (unpaired) electrons. The van der Waals surface area contributed by atoms with Crippen molar-refractivity contribution in [1.29, 1.82) is 0 Å². The van der Waals surface area contributed by atoms with Crippen LogP contribution in [-0.4, -0.2) is 27.1 Å². The largest absolute Gasteiger partial charge is 0.618 e. The number of halogens is 3. The molecule has 0 spiro atoms. The van der Waals surface area contributed by atoms with Gasteiger partial charge in [0.15, 0.2) is 23.6 Å². The Morgan fingerprint density at radius 3 is 2.61 bits per heavy atom. The molecule has 0 bridgehead atoms. The van der Waals surface area contributed by atoms with Crippen molar-refractivity contribution in [2.75, 3.05) is 6.54 Å². The predicted molar refractivity (Wildman–Crippen MR) is 115 cm³/mol. The van der Waals surface area contributed by atoms with E-state index in [1.165, 1.54) is 10.9 Å². The van der Waals surface area contributed by atoms with E-state index in [-0.39, 0.29) is 11.5 Å². The Morgan fingerprint density at radius 2 is 1.88 bits per heavy atom. The van der Waals surface area contributed by atoms with Crippen molar-refractivity contribution < 1.29 is 22.7 Å². The fourth-order valence-corrected chi connectivity index (χ4v) is 4.57. The van der Waals surface area contributed by atoms with Gasteiger partial charge in [-0.25, -0.2) is 13.2 Å². The third-order valence-corrected chi connectivity index (χ3v) is 6.17. The minimum Gasteiger partial charge on any atom is -0.618 e. The van der Waals surface area contributed by atoms with Crippen LogP contribution in [0.15, 0.2) is 48.7 Å². The fourth-order valence-electron chi connectivity index (χ4n) is 4.57. The average Bonchev–Trinajstić information content (AvgIpc) is 3.13. The van der Waals surface area contributed by atoms with Crippen molar-refractivity contribution in [1.82, 2.24) is 14.7 Å². The number of benzene rings is 2. The van der Waals surface area contributed by atoms with E-state index in [0.717, 1.165) is 22.4 Å². The van der Waals surface area contributed by atoms with E-state index in [1.54, 1.807) is 42.3 Å². The molecule has 1 atom stereocenters. The van der Waals surface area contributed by atoms with Crippen LogP contribution in [0, 0.1) is 22.7 Å². The number of hydrogen-bond acceptors (Lipinski definition) is 3. The zero-order chi connectivity index (χ0) is 23.4. The minimum absolute atomic E-state index is 0.190. The molecule has 0 N–H and O–H groups in total. The molecule has 0 fully saturated rings. The second-order valence-electron chi connectivity index (χ2n) is 8.12. The predicted octanol–water partition coefficient (Wildman–Crippen LogP) is 4.05. The molecule has 9 heteroatoms. The average molecular weight is 452 g/mol. The zero-order valence-corrected chi connectivity index (χ0v) is 17.8. The molecule has 0 unspecified atom stereocenters. The first-order chi connectivity index (χ1) is 15.8. The Labute approximate surface area is 187 Å². The van der Waals surface area contributed by atoms with Gasteiger partial charge in [0.1, 0.15) is 0 Å². The first kappa shape index (κ1) is 21.0. The van der Waals surface area contributed by atoms with Crippen LogP contribution in [0.5, 0.6) is 0 Å². The van der Waals surface area contributed by atoms with Crippen LogP contribution < -0.4 is 4.73 Å². The van der Waals surface area contributed by atoms with E-state index in [9.17, 15) is 23.2 Å². The molecular weight excluding hydrogens is 433 g/mol. The van der Waals surface area contributed by atoms with Crippen LogP contribution in [0.2, 0.25) is 0 Å². The van der Waals surface area contributed by atoms with Crippen molar-refractivity contribution >= 4 is 16.8 Å². The molecule has 1 amide bonds. The van der Waals surface area contributed by atoms with Crippen LogP contribution in [0.1, 0.15) is 34.6 Å². The van der Waals surface area contributed by atoms with Gasteiger partial charge in [-0.05, 0) is 43.7 Å². The lowest BCUT2D eigenvalue weighted by Gasteiger charge is -2.33. The SMILES string of the molecule is C[C@H]1c2nn(C)c(-c3cc(F)c(F)c(F)c3)c2CCN1C(=O)c1ccc2c(ccc[n+]2[O-])c1. The number of amides is 1. The Morgan fingerprint density at radius 1 is 1.15 bits per heavy atom. The number of rotatable bonds is 2. The summed E-state index contributed by atoms with van der Waals surface area (Å²) in [5, 5.41) is 17.1. The summed E-state index contributed by atoms with van der Waals surface area (Å²) in [5.41, 5.74) is 2.99. The smallest absolute Gasteiger partial charge is 0.254 e. The molecule has 0 aliphatic carbocycles. The van der Waals surface area contributed by atoms with Crippen LogP contribution in [-0.2, 0) is 13.5 Å². The van der Waals surface area contributed by atoms with Gasteiger partial charge in [-0.3, -0.25) is 9.48 Å². The standard InChI is InChI=1S/C24H19F3N4O2/c1-13-22-17(23(29(2)28-22)16-11-18(25)21(27)19(26)12-16)7-9-30(13)24(32)15-5-6-20-14(10-15)4-3-8-31(20)33/h3-6,8,10-13H,7,9H2,1-2H3/t13-/m0/s1. The third-order valence-electron chi connectivity index (χ3n) is 6.17. The number of aryl methyl sites for hydroxylation is 1. The van der Waals surface area contributed by atoms with Gasteiger partial charge in [-0.2, -0.15) is 9.83 Å². The molecule has 5 rings (SSSR count). The van der Waals surface area contributed by atoms with Gasteiger partial charge < -0.3 is 10.1 Å². The third kappa shape index (κ3) is 3.31. The van der Waals surface area contributed by atoms with E-state index in [1.807, 2.05) is 6.92 Å². The molecule has 33 heavy (non-hydrogen) atoms. The summed E-state index contributed by atoms with van der Waals surface area (Å²) < 4.78 is 43.4. The molecule has 6 nitrogen and oxygen atoms in total. The Balaban J connectivity index is 1.50. The Hall–Kier alpha value is -3.88. The minimum atomic E-state index is -1.52. The molecule has 2 aromatic carbocycles. The summed E-state index contributed by atoms with van der Waals surface area (Å²) in [6.07, 6.45) is 1.82. The lowest BCUT2D eigenvalue weighted by Crippen LogP contribution is -2.39. The number of carbonyl (C=O) groups is 1. The first-order valence-electron chi connectivity index (χ1n) is 10.4. The van der Waals surface area contributed by atoms with E-state index in [0.29, 0.717) is 40.8 Å². The van der Waals surface area contributed by atoms with E-state index in [2.05, 4.69) is 5.10 Å². The second-order valence-corrected chi connectivity index (χ2v) is 8.12. The number of aromatic nitrogens is 3. The molecule has 168 valence electrons. The Kier molecular flexibility index (Phi) is 4.84. The zero-order valence-electron chi connectivity index (χ0n) is 17.8. The van der Waals surface area contributed by atoms with Crippen LogP contribution in [0.3, 0.4) is 0 Å².